The van der Waals surface area contributed by atoms with Gasteiger partial charge in [0.1, 0.15) is 4.49 Å². The van der Waals surface area contributed by atoms with E-state index < -0.39 is 0 Å². The molecule has 156 valence electrons. The number of nitro groups is 1. The molecule has 6 nitrogen and oxygen atoms in total. The van der Waals surface area contributed by atoms with Gasteiger partial charge >= 0.3 is 5.70 Å². The predicted molar refractivity (Wildman–Crippen MR) is 121 cm³/mol. The lowest BCUT2D eigenvalue weighted by Crippen LogP contribution is -2.31. The summed E-state index contributed by atoms with van der Waals surface area (Å²) in [6.45, 7) is 2.61. The first-order chi connectivity index (χ1) is 14.6. The molecule has 2 aliphatic rings. The molecular weight excluding hydrogens is 423 g/mol. The van der Waals surface area contributed by atoms with Crippen molar-refractivity contribution in [3.05, 3.63) is 92.5 Å². The summed E-state index contributed by atoms with van der Waals surface area (Å²) in [5.74, 6) is 0.484. The molecule has 2 saturated heterocycles. The maximum absolute atomic E-state index is 12.5. The van der Waals surface area contributed by atoms with E-state index >= 15 is 0 Å². The Kier molecular flexibility index (Phi) is 6.16. The van der Waals surface area contributed by atoms with Crippen molar-refractivity contribution in [3.63, 3.8) is 0 Å². The van der Waals surface area contributed by atoms with Crippen LogP contribution in [0.15, 0.2) is 82.4 Å². The summed E-state index contributed by atoms with van der Waals surface area (Å²) in [5.41, 5.74) is 2.00. The van der Waals surface area contributed by atoms with Gasteiger partial charge in [0.2, 0.25) is 0 Å². The van der Waals surface area contributed by atoms with E-state index in [-0.39, 0.29) is 15.1 Å². The van der Waals surface area contributed by atoms with Crippen molar-refractivity contribution < 1.29 is 4.92 Å². The highest BCUT2D eigenvalue weighted by atomic mass is 35.5. The molecule has 0 radical (unpaired) electrons. The third-order valence-corrected chi connectivity index (χ3v) is 5.77. The summed E-state index contributed by atoms with van der Waals surface area (Å²) < 4.78 is -0.0796. The third kappa shape index (κ3) is 3.98. The molecule has 0 N–H and O–H groups in total. The van der Waals surface area contributed by atoms with Crippen LogP contribution in [0.25, 0.3) is 0 Å². The van der Waals surface area contributed by atoms with Crippen LogP contribution in [0.3, 0.4) is 0 Å². The Balaban J connectivity index is 1.94. The van der Waals surface area contributed by atoms with Crippen LogP contribution < -0.4 is 9.80 Å². The first kappa shape index (κ1) is 20.6. The minimum Gasteiger partial charge on any atom is -0.364 e. The van der Waals surface area contributed by atoms with E-state index in [1.54, 1.807) is 0 Å². The molecule has 8 heteroatoms. The number of anilines is 2. The van der Waals surface area contributed by atoms with Crippen LogP contribution in [-0.2, 0) is 0 Å². The maximum atomic E-state index is 12.5. The monoisotopic (exact) mass is 444 g/mol. The van der Waals surface area contributed by atoms with Crippen LogP contribution in [0.5, 0.6) is 0 Å². The van der Waals surface area contributed by atoms with Gasteiger partial charge in [-0.15, -0.1) is 0 Å². The zero-order valence-electron chi connectivity index (χ0n) is 16.4. The minimum atomic E-state index is -0.356. The highest BCUT2D eigenvalue weighted by Gasteiger charge is 2.40. The van der Waals surface area contributed by atoms with Crippen LogP contribution in [-0.4, -0.2) is 36.0 Å². The normalized spacial score (nSPS) is 16.2. The largest absolute Gasteiger partial charge is 0.364 e. The van der Waals surface area contributed by atoms with E-state index in [4.69, 9.17) is 23.2 Å². The number of nitrogens with zero attached hydrogens (tertiary/aromatic N) is 4. The smallest absolute Gasteiger partial charge is 0.335 e. The van der Waals surface area contributed by atoms with Crippen molar-refractivity contribution in [2.75, 3.05) is 36.0 Å². The Bertz CT molecular complexity index is 920. The number of hydrogen-bond acceptors (Lipinski definition) is 5. The summed E-state index contributed by atoms with van der Waals surface area (Å²) in [6.07, 6.45) is 1.91. The molecule has 4 rings (SSSR count). The van der Waals surface area contributed by atoms with Gasteiger partial charge in [0.15, 0.2) is 11.5 Å². The van der Waals surface area contributed by atoms with Gasteiger partial charge in [-0.2, -0.15) is 0 Å². The van der Waals surface area contributed by atoms with E-state index in [2.05, 4.69) is 0 Å². The van der Waals surface area contributed by atoms with Crippen molar-refractivity contribution >= 4 is 34.6 Å². The lowest BCUT2D eigenvalue weighted by molar-refractivity contribution is -0.423. The number of benzene rings is 2. The standard InChI is InChI=1S/C22H22Cl2N4O2/c23-21(24)19(25-13-7-8-14-25)20(28(29)30)22-26(17-9-3-1-4-10-17)15-16-27(22)18-11-5-2-6-12-18/h1-6,9-12H,7-8,13-16H2. The highest BCUT2D eigenvalue weighted by molar-refractivity contribution is 6.56. The van der Waals surface area contributed by atoms with Gasteiger partial charge in [0, 0.05) is 37.6 Å². The Morgan fingerprint density at radius 3 is 1.67 bits per heavy atom. The van der Waals surface area contributed by atoms with Gasteiger partial charge in [-0.1, -0.05) is 59.6 Å². The van der Waals surface area contributed by atoms with Gasteiger partial charge in [-0.25, -0.2) is 0 Å². The van der Waals surface area contributed by atoms with Gasteiger partial charge < -0.3 is 14.7 Å². The molecule has 0 atom stereocenters. The molecule has 2 aliphatic heterocycles. The molecule has 0 spiro atoms. The fourth-order valence-corrected chi connectivity index (χ4v) is 4.52. The number of para-hydroxylation sites is 2. The quantitative estimate of drug-likeness (QED) is 0.468. The lowest BCUT2D eigenvalue weighted by atomic mass is 10.2. The van der Waals surface area contributed by atoms with Gasteiger partial charge in [0.05, 0.1) is 4.92 Å². The summed E-state index contributed by atoms with van der Waals surface area (Å²) in [7, 11) is 0. The highest BCUT2D eigenvalue weighted by Crippen LogP contribution is 2.38. The SMILES string of the molecule is O=[N+]([O-])C(C(=C(Cl)Cl)N1CCCC1)=C1N(c2ccccc2)CCN1c1ccccc1. The molecule has 0 aromatic heterocycles. The van der Waals surface area contributed by atoms with Crippen molar-refractivity contribution in [3.8, 4) is 0 Å². The minimum absolute atomic E-state index is 0.0675. The zero-order valence-corrected chi connectivity index (χ0v) is 17.9. The van der Waals surface area contributed by atoms with Crippen molar-refractivity contribution in [2.24, 2.45) is 0 Å². The van der Waals surface area contributed by atoms with Crippen molar-refractivity contribution in [1.82, 2.24) is 4.90 Å². The van der Waals surface area contributed by atoms with E-state index in [0.29, 0.717) is 37.7 Å². The van der Waals surface area contributed by atoms with E-state index in [9.17, 15) is 10.1 Å². The molecule has 0 unspecified atom stereocenters. The molecular formula is C22H22Cl2N4O2. The van der Waals surface area contributed by atoms with Crippen LogP contribution in [0.1, 0.15) is 12.8 Å². The van der Waals surface area contributed by atoms with Crippen molar-refractivity contribution in [2.45, 2.75) is 12.8 Å². The first-order valence-corrected chi connectivity index (χ1v) is 10.7. The molecule has 2 fully saturated rings. The van der Waals surface area contributed by atoms with E-state index in [0.717, 1.165) is 24.2 Å². The third-order valence-electron chi connectivity index (χ3n) is 5.41. The summed E-state index contributed by atoms with van der Waals surface area (Å²) in [4.78, 5) is 18.0. The van der Waals surface area contributed by atoms with E-state index in [1.807, 2.05) is 75.4 Å². The number of rotatable bonds is 5. The molecule has 30 heavy (non-hydrogen) atoms. The molecule has 2 aromatic carbocycles. The fraction of sp³-hybridized carbons (Fsp3) is 0.273. The fourth-order valence-electron chi connectivity index (χ4n) is 4.11. The average molecular weight is 445 g/mol. The number of halogens is 2. The Morgan fingerprint density at radius 2 is 1.27 bits per heavy atom. The Hall–Kier alpha value is -2.70. The van der Waals surface area contributed by atoms with E-state index in [1.165, 1.54) is 0 Å². The predicted octanol–water partition coefficient (Wildman–Crippen LogP) is 5.20. The molecule has 2 aromatic rings. The van der Waals surface area contributed by atoms with Crippen LogP contribution in [0, 0.1) is 10.1 Å². The first-order valence-electron chi connectivity index (χ1n) is 9.92. The van der Waals surface area contributed by atoms with Crippen LogP contribution >= 0.6 is 23.2 Å². The zero-order chi connectivity index (χ0) is 21.1. The molecule has 0 aliphatic carbocycles. The second-order valence-electron chi connectivity index (χ2n) is 7.21. The molecule has 0 saturated carbocycles. The van der Waals surface area contributed by atoms with Crippen molar-refractivity contribution in [1.29, 1.82) is 0 Å². The number of likely N-dealkylation sites (tertiary alicyclic amines) is 1. The number of hydrogen-bond donors (Lipinski definition) is 0. The Labute approximate surface area is 185 Å². The van der Waals surface area contributed by atoms with Gasteiger partial charge in [-0.3, -0.25) is 10.1 Å². The molecule has 0 amide bonds. The summed E-state index contributed by atoms with van der Waals surface area (Å²) in [6, 6.07) is 19.4. The summed E-state index contributed by atoms with van der Waals surface area (Å²) >= 11 is 12.5. The molecule has 0 bridgehead atoms. The maximum Gasteiger partial charge on any atom is 0.335 e. The second-order valence-corrected chi connectivity index (χ2v) is 8.16. The van der Waals surface area contributed by atoms with Crippen LogP contribution in [0.2, 0.25) is 0 Å². The second kappa shape index (κ2) is 8.98. The van der Waals surface area contributed by atoms with Gasteiger partial charge in [0.25, 0.3) is 0 Å². The van der Waals surface area contributed by atoms with Gasteiger partial charge in [-0.05, 0) is 37.1 Å². The lowest BCUT2D eigenvalue weighted by Gasteiger charge is -2.27. The van der Waals surface area contributed by atoms with Crippen LogP contribution in [0.4, 0.5) is 11.4 Å². The summed E-state index contributed by atoms with van der Waals surface area (Å²) in [5, 5.41) is 12.5. The average Bonchev–Trinajstić information content (AvgIpc) is 3.42. The molecule has 2 heterocycles. The Morgan fingerprint density at radius 1 is 0.800 bits per heavy atom. The topological polar surface area (TPSA) is 52.9 Å².